The number of aliphatic hydroxyl groups is 1. The molecule has 0 aromatic heterocycles. The number of thiol groups is 1. The Kier molecular flexibility index (Phi) is 7.06. The SMILES string of the molecule is O=C(OCO)c1ccc(S)cc1.[Ac]. The fourth-order valence-corrected chi connectivity index (χ4v) is 0.889. The van der Waals surface area contributed by atoms with Gasteiger partial charge in [0.05, 0.1) is 5.56 Å². The van der Waals surface area contributed by atoms with E-state index in [0.717, 1.165) is 4.90 Å². The van der Waals surface area contributed by atoms with E-state index in [9.17, 15) is 4.79 Å². The van der Waals surface area contributed by atoms with Crippen molar-refractivity contribution in [1.29, 1.82) is 0 Å². The molecular weight excluding hydrogens is 403 g/mol. The number of esters is 1. The number of rotatable bonds is 2. The average Bonchev–Trinajstić information content (AvgIpc) is 2.06. The maximum absolute atomic E-state index is 10.9. The van der Waals surface area contributed by atoms with E-state index in [4.69, 9.17) is 5.11 Å². The van der Waals surface area contributed by atoms with Crippen molar-refractivity contribution in [2.45, 2.75) is 4.90 Å². The Morgan fingerprint density at radius 3 is 2.38 bits per heavy atom. The first kappa shape index (κ1) is 13.4. The van der Waals surface area contributed by atoms with Gasteiger partial charge in [-0.2, -0.15) is 0 Å². The van der Waals surface area contributed by atoms with Gasteiger partial charge in [0, 0.05) is 49.0 Å². The Morgan fingerprint density at radius 2 is 1.92 bits per heavy atom. The van der Waals surface area contributed by atoms with Gasteiger partial charge in [0.25, 0.3) is 0 Å². The Labute approximate surface area is 117 Å². The van der Waals surface area contributed by atoms with E-state index in [0.29, 0.717) is 5.56 Å². The number of hydrogen-bond donors (Lipinski definition) is 2. The fraction of sp³-hybridized carbons (Fsp3) is 0.125. The average molecular weight is 411 g/mol. The van der Waals surface area contributed by atoms with Crippen LogP contribution in [-0.2, 0) is 4.74 Å². The van der Waals surface area contributed by atoms with E-state index >= 15 is 0 Å². The molecule has 0 unspecified atom stereocenters. The Hall–Kier alpha value is 0.442. The van der Waals surface area contributed by atoms with Gasteiger partial charge in [0.2, 0.25) is 0 Å². The predicted molar refractivity (Wildman–Crippen MR) is 46.2 cm³/mol. The molecule has 13 heavy (non-hydrogen) atoms. The van der Waals surface area contributed by atoms with Crippen molar-refractivity contribution < 1.29 is 58.7 Å². The van der Waals surface area contributed by atoms with Crippen LogP contribution in [0.25, 0.3) is 0 Å². The third-order valence-electron chi connectivity index (χ3n) is 1.30. The molecule has 1 radical (unpaired) electrons. The second-order valence-electron chi connectivity index (χ2n) is 2.11. The van der Waals surface area contributed by atoms with Gasteiger partial charge in [0.15, 0.2) is 6.79 Å². The second kappa shape index (κ2) is 6.83. The number of hydrogen-bond acceptors (Lipinski definition) is 4. The molecule has 0 amide bonds. The summed E-state index contributed by atoms with van der Waals surface area (Å²) in [7, 11) is 0. The van der Waals surface area contributed by atoms with Crippen molar-refractivity contribution in [1.82, 2.24) is 0 Å². The monoisotopic (exact) mass is 411 g/mol. The minimum atomic E-state index is -0.596. The van der Waals surface area contributed by atoms with Crippen LogP contribution in [-0.4, -0.2) is 17.9 Å². The Balaban J connectivity index is 0.00000144. The Morgan fingerprint density at radius 1 is 1.38 bits per heavy atom. The van der Waals surface area contributed by atoms with Crippen molar-refractivity contribution in [3.63, 3.8) is 0 Å². The largest absolute Gasteiger partial charge is 0.435 e. The first-order valence-corrected chi connectivity index (χ1v) is 3.76. The van der Waals surface area contributed by atoms with Crippen LogP contribution < -0.4 is 0 Å². The van der Waals surface area contributed by atoms with Crippen LogP contribution in [0.5, 0.6) is 0 Å². The summed E-state index contributed by atoms with van der Waals surface area (Å²) < 4.78 is 4.36. The number of benzene rings is 1. The van der Waals surface area contributed by atoms with Gasteiger partial charge in [-0.25, -0.2) is 4.79 Å². The molecule has 0 saturated heterocycles. The molecule has 1 aromatic rings. The summed E-state index contributed by atoms with van der Waals surface area (Å²) in [5.41, 5.74) is 0.404. The molecule has 1 rings (SSSR count). The first-order chi connectivity index (χ1) is 5.74. The molecule has 1 N–H and O–H groups in total. The second-order valence-corrected chi connectivity index (χ2v) is 2.62. The van der Waals surface area contributed by atoms with E-state index < -0.39 is 12.8 Å². The standard InChI is InChI=1S/C8H8O3S.Ac/c9-5-11-8(10)6-1-3-7(12)4-2-6;/h1-4,9,12H,5H2;. The van der Waals surface area contributed by atoms with E-state index in [1.165, 1.54) is 0 Å². The first-order valence-electron chi connectivity index (χ1n) is 3.31. The molecule has 0 saturated carbocycles. The van der Waals surface area contributed by atoms with Gasteiger partial charge in [0.1, 0.15) is 0 Å². The topological polar surface area (TPSA) is 46.5 Å². The zero-order valence-corrected chi connectivity index (χ0v) is 12.4. The van der Waals surface area contributed by atoms with Crippen molar-refractivity contribution in [2.75, 3.05) is 6.79 Å². The summed E-state index contributed by atoms with van der Waals surface area (Å²) >= 11 is 4.05. The van der Waals surface area contributed by atoms with Gasteiger partial charge in [-0.05, 0) is 24.3 Å². The molecule has 0 aliphatic rings. The van der Waals surface area contributed by atoms with Crippen molar-refractivity contribution in [2.24, 2.45) is 0 Å². The molecule has 0 aliphatic heterocycles. The maximum atomic E-state index is 10.9. The number of carbonyl (C=O) groups excluding carboxylic acids is 1. The molecular formula is C8H8AcO3S. The summed E-state index contributed by atoms with van der Waals surface area (Å²) in [6, 6.07) is 6.52. The predicted octanol–water partition coefficient (Wildman–Crippen LogP) is 1.08. The normalized spacial score (nSPS) is 8.77. The van der Waals surface area contributed by atoms with Crippen molar-refractivity contribution >= 4 is 18.6 Å². The fourth-order valence-electron chi connectivity index (χ4n) is 0.739. The number of ether oxygens (including phenoxy) is 1. The van der Waals surface area contributed by atoms with E-state index in [2.05, 4.69) is 17.4 Å². The quantitative estimate of drug-likeness (QED) is 0.435. The smallest absolute Gasteiger partial charge is 0.340 e. The van der Waals surface area contributed by atoms with Crippen LogP contribution in [0.3, 0.4) is 0 Å². The van der Waals surface area contributed by atoms with Crippen LogP contribution in [0.1, 0.15) is 10.4 Å². The van der Waals surface area contributed by atoms with Crippen LogP contribution in [0, 0.1) is 44.1 Å². The zero-order chi connectivity index (χ0) is 8.97. The van der Waals surface area contributed by atoms with Crippen LogP contribution in [0.4, 0.5) is 0 Å². The summed E-state index contributed by atoms with van der Waals surface area (Å²) in [4.78, 5) is 11.7. The molecule has 0 aliphatic carbocycles. The molecule has 0 fully saturated rings. The van der Waals surface area contributed by atoms with Crippen LogP contribution >= 0.6 is 12.6 Å². The summed E-state index contributed by atoms with van der Waals surface area (Å²) in [6.07, 6.45) is 0. The van der Waals surface area contributed by atoms with E-state index in [1.54, 1.807) is 24.3 Å². The van der Waals surface area contributed by atoms with E-state index in [-0.39, 0.29) is 44.1 Å². The number of carbonyl (C=O) groups is 1. The molecule has 0 bridgehead atoms. The zero-order valence-electron chi connectivity index (χ0n) is 6.80. The van der Waals surface area contributed by atoms with Crippen LogP contribution in [0.15, 0.2) is 29.2 Å². The molecule has 0 heterocycles. The van der Waals surface area contributed by atoms with Gasteiger partial charge in [-0.1, -0.05) is 0 Å². The molecule has 67 valence electrons. The third kappa shape index (κ3) is 4.46. The summed E-state index contributed by atoms with van der Waals surface area (Å²) in [5, 5.41) is 8.29. The summed E-state index contributed by atoms with van der Waals surface area (Å²) in [5.74, 6) is -0.536. The third-order valence-corrected chi connectivity index (χ3v) is 1.60. The van der Waals surface area contributed by atoms with Crippen LogP contribution in [0.2, 0.25) is 0 Å². The minimum Gasteiger partial charge on any atom is -0.435 e. The molecule has 1 aromatic carbocycles. The number of aliphatic hydroxyl groups excluding tert-OH is 1. The van der Waals surface area contributed by atoms with Crippen molar-refractivity contribution in [3.05, 3.63) is 29.8 Å². The van der Waals surface area contributed by atoms with Crippen molar-refractivity contribution in [3.8, 4) is 0 Å². The maximum Gasteiger partial charge on any atom is 0.340 e. The minimum absolute atomic E-state index is 0. The van der Waals surface area contributed by atoms with Gasteiger partial charge in [-0.15, -0.1) is 12.6 Å². The van der Waals surface area contributed by atoms with Gasteiger partial charge >= 0.3 is 5.97 Å². The molecule has 3 nitrogen and oxygen atoms in total. The Bertz CT molecular complexity index is 273. The molecule has 0 atom stereocenters. The van der Waals surface area contributed by atoms with Gasteiger partial charge < -0.3 is 9.84 Å². The van der Waals surface area contributed by atoms with Gasteiger partial charge in [-0.3, -0.25) is 0 Å². The summed E-state index contributed by atoms with van der Waals surface area (Å²) in [6.45, 7) is -0.596. The molecule has 5 heteroatoms. The molecule has 0 spiro atoms. The van der Waals surface area contributed by atoms with E-state index in [1.807, 2.05) is 0 Å².